The largest absolute Gasteiger partial charge is 0.462 e. The Bertz CT molecular complexity index is 751. The summed E-state index contributed by atoms with van der Waals surface area (Å²) in [6.45, 7) is -0.247. The van der Waals surface area contributed by atoms with Crippen molar-refractivity contribution >= 4 is 15.8 Å². The predicted molar refractivity (Wildman–Crippen MR) is 81.7 cm³/mol. The molecule has 0 bridgehead atoms. The zero-order chi connectivity index (χ0) is 19.5. The Morgan fingerprint density at radius 3 is 1.92 bits per heavy atom. The SMILES string of the molecule is O=C(OCCCCC1CCS(=O)(=O)CC1)c1c(F)c(F)c(F)c(F)c1F. The van der Waals surface area contributed by atoms with Crippen LogP contribution in [-0.2, 0) is 14.6 Å². The number of carbonyl (C=O) groups is 1. The van der Waals surface area contributed by atoms with Gasteiger partial charge in [-0.2, -0.15) is 0 Å². The van der Waals surface area contributed by atoms with Gasteiger partial charge >= 0.3 is 5.97 Å². The second-order valence-electron chi connectivity index (χ2n) is 6.17. The standard InChI is InChI=1S/C16H17F5O4S/c17-11-10(12(18)14(20)15(21)13(11)19)16(22)25-6-2-1-3-9-4-7-26(23,24)8-5-9/h9H,1-8H2. The number of esters is 1. The Labute approximate surface area is 147 Å². The number of sulfone groups is 1. The molecule has 26 heavy (non-hydrogen) atoms. The second kappa shape index (κ2) is 8.32. The molecule has 0 aliphatic carbocycles. The highest BCUT2D eigenvalue weighted by atomic mass is 32.2. The van der Waals surface area contributed by atoms with Gasteiger partial charge in [-0.3, -0.25) is 0 Å². The Kier molecular flexibility index (Phi) is 6.59. The normalized spacial score (nSPS) is 17.3. The van der Waals surface area contributed by atoms with Crippen LogP contribution in [0.3, 0.4) is 0 Å². The van der Waals surface area contributed by atoms with Gasteiger partial charge in [0.15, 0.2) is 23.3 Å². The van der Waals surface area contributed by atoms with Crippen LogP contribution >= 0.6 is 0 Å². The highest BCUT2D eigenvalue weighted by Gasteiger charge is 2.30. The molecule has 146 valence electrons. The van der Waals surface area contributed by atoms with Gasteiger partial charge in [-0.05, 0) is 31.6 Å². The summed E-state index contributed by atoms with van der Waals surface area (Å²) in [4.78, 5) is 11.6. The quantitative estimate of drug-likeness (QED) is 0.241. The van der Waals surface area contributed by atoms with Crippen LogP contribution in [0.15, 0.2) is 0 Å². The summed E-state index contributed by atoms with van der Waals surface area (Å²) in [5.41, 5.74) is -1.61. The molecule has 2 rings (SSSR count). The molecule has 1 saturated heterocycles. The molecule has 10 heteroatoms. The van der Waals surface area contributed by atoms with Gasteiger partial charge in [-0.15, -0.1) is 0 Å². The molecular weight excluding hydrogens is 383 g/mol. The second-order valence-corrected chi connectivity index (χ2v) is 8.48. The molecule has 0 saturated carbocycles. The van der Waals surface area contributed by atoms with E-state index in [0.29, 0.717) is 32.1 Å². The summed E-state index contributed by atoms with van der Waals surface area (Å²) >= 11 is 0. The maximum Gasteiger partial charge on any atom is 0.344 e. The zero-order valence-corrected chi connectivity index (χ0v) is 14.5. The molecule has 1 fully saturated rings. The summed E-state index contributed by atoms with van der Waals surface area (Å²) in [6, 6.07) is 0. The van der Waals surface area contributed by atoms with Gasteiger partial charge < -0.3 is 4.74 Å². The number of halogens is 5. The van der Waals surface area contributed by atoms with Crippen molar-refractivity contribution in [3.8, 4) is 0 Å². The summed E-state index contributed by atoms with van der Waals surface area (Å²) in [5.74, 6) is -12.3. The van der Waals surface area contributed by atoms with E-state index in [1.807, 2.05) is 0 Å². The van der Waals surface area contributed by atoms with E-state index in [9.17, 15) is 35.2 Å². The van der Waals surface area contributed by atoms with E-state index in [0.717, 1.165) is 0 Å². The molecule has 1 aliphatic rings. The Morgan fingerprint density at radius 2 is 1.38 bits per heavy atom. The summed E-state index contributed by atoms with van der Waals surface area (Å²) < 4.78 is 93.2. The Morgan fingerprint density at radius 1 is 0.885 bits per heavy atom. The lowest BCUT2D eigenvalue weighted by atomic mass is 9.96. The lowest BCUT2D eigenvalue weighted by Crippen LogP contribution is -2.23. The first-order chi connectivity index (χ1) is 12.1. The molecule has 0 aromatic heterocycles. The average Bonchev–Trinajstić information content (AvgIpc) is 2.59. The molecule has 0 atom stereocenters. The van der Waals surface area contributed by atoms with E-state index in [4.69, 9.17) is 0 Å². The first-order valence-electron chi connectivity index (χ1n) is 8.03. The molecule has 1 aromatic rings. The predicted octanol–water partition coefficient (Wildman–Crippen LogP) is 3.53. The molecule has 1 aliphatic heterocycles. The van der Waals surface area contributed by atoms with E-state index in [-0.39, 0.29) is 24.0 Å². The van der Waals surface area contributed by atoms with Crippen LogP contribution in [-0.4, -0.2) is 32.5 Å². The molecule has 1 heterocycles. The van der Waals surface area contributed by atoms with E-state index >= 15 is 0 Å². The van der Waals surface area contributed by atoms with Crippen molar-refractivity contribution in [3.63, 3.8) is 0 Å². The van der Waals surface area contributed by atoms with Crippen LogP contribution < -0.4 is 0 Å². The third-order valence-corrected chi connectivity index (χ3v) is 6.04. The van der Waals surface area contributed by atoms with Gasteiger partial charge in [0, 0.05) is 0 Å². The Balaban J connectivity index is 1.81. The minimum absolute atomic E-state index is 0.146. The first-order valence-corrected chi connectivity index (χ1v) is 9.85. The fourth-order valence-corrected chi connectivity index (χ4v) is 4.37. The van der Waals surface area contributed by atoms with Crippen LogP contribution in [0.1, 0.15) is 42.5 Å². The topological polar surface area (TPSA) is 60.4 Å². The van der Waals surface area contributed by atoms with Crippen LogP contribution in [0.25, 0.3) is 0 Å². The summed E-state index contributed by atoms with van der Waals surface area (Å²) in [6.07, 6.45) is 2.73. The van der Waals surface area contributed by atoms with Gasteiger partial charge in [0.1, 0.15) is 15.4 Å². The lowest BCUT2D eigenvalue weighted by molar-refractivity contribution is 0.0481. The fraction of sp³-hybridized carbons (Fsp3) is 0.562. The molecule has 0 spiro atoms. The fourth-order valence-electron chi connectivity index (χ4n) is 2.78. The van der Waals surface area contributed by atoms with Gasteiger partial charge in [0.25, 0.3) is 0 Å². The molecule has 0 radical (unpaired) electrons. The van der Waals surface area contributed by atoms with Crippen molar-refractivity contribution < 1.29 is 39.9 Å². The Hall–Kier alpha value is -1.71. The number of carbonyl (C=O) groups excluding carboxylic acids is 1. The van der Waals surface area contributed by atoms with Gasteiger partial charge in [-0.1, -0.05) is 6.42 Å². The van der Waals surface area contributed by atoms with E-state index < -0.39 is 50.5 Å². The maximum atomic E-state index is 13.5. The number of ether oxygens (including phenoxy) is 1. The number of unbranched alkanes of at least 4 members (excludes halogenated alkanes) is 1. The third-order valence-electron chi connectivity index (χ3n) is 4.33. The lowest BCUT2D eigenvalue weighted by Gasteiger charge is -2.21. The number of benzene rings is 1. The number of hydrogen-bond donors (Lipinski definition) is 0. The molecular formula is C16H17F5O4S. The van der Waals surface area contributed by atoms with E-state index in [1.54, 1.807) is 0 Å². The van der Waals surface area contributed by atoms with E-state index in [2.05, 4.69) is 4.74 Å². The maximum absolute atomic E-state index is 13.5. The van der Waals surface area contributed by atoms with Gasteiger partial charge in [0.2, 0.25) is 5.82 Å². The van der Waals surface area contributed by atoms with Crippen molar-refractivity contribution in [3.05, 3.63) is 34.6 Å². The smallest absolute Gasteiger partial charge is 0.344 e. The highest BCUT2D eigenvalue weighted by molar-refractivity contribution is 7.91. The molecule has 4 nitrogen and oxygen atoms in total. The highest BCUT2D eigenvalue weighted by Crippen LogP contribution is 2.25. The van der Waals surface area contributed by atoms with Crippen molar-refractivity contribution in [1.82, 2.24) is 0 Å². The van der Waals surface area contributed by atoms with Gasteiger partial charge in [0.05, 0.1) is 18.1 Å². The van der Waals surface area contributed by atoms with Crippen molar-refractivity contribution in [2.24, 2.45) is 5.92 Å². The van der Waals surface area contributed by atoms with Crippen molar-refractivity contribution in [2.75, 3.05) is 18.1 Å². The first kappa shape index (κ1) is 20.6. The summed E-state index contributed by atoms with van der Waals surface area (Å²) in [5, 5.41) is 0. The number of rotatable bonds is 6. The molecule has 1 aromatic carbocycles. The minimum Gasteiger partial charge on any atom is -0.462 e. The van der Waals surface area contributed by atoms with Crippen LogP contribution in [0.4, 0.5) is 22.0 Å². The van der Waals surface area contributed by atoms with Crippen LogP contribution in [0.5, 0.6) is 0 Å². The molecule has 0 unspecified atom stereocenters. The zero-order valence-electron chi connectivity index (χ0n) is 13.7. The van der Waals surface area contributed by atoms with Crippen molar-refractivity contribution in [2.45, 2.75) is 32.1 Å². The number of hydrogen-bond acceptors (Lipinski definition) is 4. The van der Waals surface area contributed by atoms with Crippen LogP contribution in [0, 0.1) is 35.0 Å². The third kappa shape index (κ3) is 4.72. The van der Waals surface area contributed by atoms with Crippen LogP contribution in [0.2, 0.25) is 0 Å². The minimum atomic E-state index is -2.94. The molecule has 0 amide bonds. The van der Waals surface area contributed by atoms with Gasteiger partial charge in [-0.25, -0.2) is 35.2 Å². The molecule has 0 N–H and O–H groups in total. The van der Waals surface area contributed by atoms with Crippen molar-refractivity contribution in [1.29, 1.82) is 0 Å². The monoisotopic (exact) mass is 400 g/mol. The van der Waals surface area contributed by atoms with E-state index in [1.165, 1.54) is 0 Å². The average molecular weight is 400 g/mol. The summed E-state index contributed by atoms with van der Waals surface area (Å²) in [7, 11) is -2.94.